The van der Waals surface area contributed by atoms with Crippen molar-refractivity contribution in [2.45, 2.75) is 38.0 Å². The SMILES string of the molecule is CCCCC(=O)Nc1ccc(SCC(=O)c2ccc(OCC)cc2)cc1. The molecule has 0 saturated carbocycles. The third kappa shape index (κ3) is 6.56. The average molecular weight is 372 g/mol. The molecule has 0 bridgehead atoms. The smallest absolute Gasteiger partial charge is 0.224 e. The molecule has 0 atom stereocenters. The lowest BCUT2D eigenvalue weighted by molar-refractivity contribution is -0.116. The van der Waals surface area contributed by atoms with Gasteiger partial charge in [0, 0.05) is 22.6 Å². The van der Waals surface area contributed by atoms with Gasteiger partial charge in [0.25, 0.3) is 0 Å². The molecule has 138 valence electrons. The third-order valence-electron chi connectivity index (χ3n) is 3.75. The van der Waals surface area contributed by atoms with E-state index >= 15 is 0 Å². The molecule has 0 aliphatic heterocycles. The van der Waals surface area contributed by atoms with E-state index in [1.54, 1.807) is 12.1 Å². The zero-order valence-electron chi connectivity index (χ0n) is 15.3. The number of ether oxygens (including phenoxy) is 1. The molecule has 0 aromatic heterocycles. The van der Waals surface area contributed by atoms with E-state index in [1.165, 1.54) is 11.8 Å². The van der Waals surface area contributed by atoms with E-state index in [0.29, 0.717) is 24.3 Å². The molecule has 0 heterocycles. The van der Waals surface area contributed by atoms with Gasteiger partial charge in [0.05, 0.1) is 12.4 Å². The number of nitrogens with one attached hydrogen (secondary N) is 1. The second-order valence-electron chi connectivity index (χ2n) is 5.85. The molecule has 2 aromatic carbocycles. The van der Waals surface area contributed by atoms with Crippen molar-refractivity contribution in [3.8, 4) is 5.75 Å². The predicted molar refractivity (Wildman–Crippen MR) is 107 cm³/mol. The summed E-state index contributed by atoms with van der Waals surface area (Å²) in [5.74, 6) is 1.26. The van der Waals surface area contributed by atoms with Gasteiger partial charge in [-0.25, -0.2) is 0 Å². The Bertz CT molecular complexity index is 711. The first kappa shape index (κ1) is 20.0. The number of rotatable bonds is 10. The Morgan fingerprint density at radius 1 is 1.00 bits per heavy atom. The second kappa shape index (κ2) is 10.7. The van der Waals surface area contributed by atoms with Crippen LogP contribution in [0.2, 0.25) is 0 Å². The highest BCUT2D eigenvalue weighted by molar-refractivity contribution is 8.00. The lowest BCUT2D eigenvalue weighted by Crippen LogP contribution is -2.10. The minimum atomic E-state index is 0.0398. The van der Waals surface area contributed by atoms with Crippen molar-refractivity contribution in [2.24, 2.45) is 0 Å². The number of hydrogen-bond acceptors (Lipinski definition) is 4. The summed E-state index contributed by atoms with van der Waals surface area (Å²) < 4.78 is 5.38. The first-order valence-electron chi connectivity index (χ1n) is 8.91. The number of hydrogen-bond donors (Lipinski definition) is 1. The molecule has 1 N–H and O–H groups in total. The number of anilines is 1. The van der Waals surface area contributed by atoms with Gasteiger partial charge < -0.3 is 10.1 Å². The summed E-state index contributed by atoms with van der Waals surface area (Å²) >= 11 is 1.49. The molecule has 0 spiro atoms. The second-order valence-corrected chi connectivity index (χ2v) is 6.89. The Labute approximate surface area is 159 Å². The van der Waals surface area contributed by atoms with Crippen molar-refractivity contribution in [2.75, 3.05) is 17.7 Å². The molecule has 0 fully saturated rings. The summed E-state index contributed by atoms with van der Waals surface area (Å²) in [6.45, 7) is 4.60. The van der Waals surface area contributed by atoms with Crippen molar-refractivity contribution in [3.63, 3.8) is 0 Å². The van der Waals surface area contributed by atoms with Crippen LogP contribution in [0.15, 0.2) is 53.4 Å². The fraction of sp³-hybridized carbons (Fsp3) is 0.333. The number of amides is 1. The van der Waals surface area contributed by atoms with E-state index in [4.69, 9.17) is 4.74 Å². The van der Waals surface area contributed by atoms with Gasteiger partial charge in [0.2, 0.25) is 5.91 Å². The standard InChI is InChI=1S/C21H25NO3S/c1-3-5-6-21(24)22-17-9-13-19(14-10-17)26-15-20(23)16-7-11-18(12-8-16)25-4-2/h7-14H,3-6,15H2,1-2H3,(H,22,24). The highest BCUT2D eigenvalue weighted by atomic mass is 32.2. The molecule has 0 aliphatic carbocycles. The first-order chi connectivity index (χ1) is 12.6. The topological polar surface area (TPSA) is 55.4 Å². The van der Waals surface area contributed by atoms with Crippen LogP contribution in [0.3, 0.4) is 0 Å². The van der Waals surface area contributed by atoms with Crippen LogP contribution in [0, 0.1) is 0 Å². The summed E-state index contributed by atoms with van der Waals surface area (Å²) in [5, 5.41) is 2.88. The van der Waals surface area contributed by atoms with Gasteiger partial charge >= 0.3 is 0 Å². The van der Waals surface area contributed by atoms with Crippen LogP contribution >= 0.6 is 11.8 Å². The number of carbonyl (C=O) groups excluding carboxylic acids is 2. The molecule has 0 radical (unpaired) electrons. The molecule has 4 nitrogen and oxygen atoms in total. The van der Waals surface area contributed by atoms with Crippen molar-refractivity contribution in [1.29, 1.82) is 0 Å². The van der Waals surface area contributed by atoms with Gasteiger partial charge in [0.1, 0.15) is 5.75 Å². The quantitative estimate of drug-likeness (QED) is 0.461. The third-order valence-corrected chi connectivity index (χ3v) is 4.76. The molecular weight excluding hydrogens is 346 g/mol. The summed E-state index contributed by atoms with van der Waals surface area (Å²) in [4.78, 5) is 25.0. The molecule has 2 aromatic rings. The van der Waals surface area contributed by atoms with E-state index in [-0.39, 0.29) is 11.7 Å². The number of unbranched alkanes of at least 4 members (excludes halogenated alkanes) is 1. The number of thioether (sulfide) groups is 1. The lowest BCUT2D eigenvalue weighted by atomic mass is 10.1. The van der Waals surface area contributed by atoms with Crippen LogP contribution in [-0.4, -0.2) is 24.1 Å². The van der Waals surface area contributed by atoms with Crippen LogP contribution in [0.5, 0.6) is 5.75 Å². The van der Waals surface area contributed by atoms with Gasteiger partial charge in [-0.2, -0.15) is 0 Å². The fourth-order valence-electron chi connectivity index (χ4n) is 2.33. The van der Waals surface area contributed by atoms with Gasteiger partial charge in [-0.3, -0.25) is 9.59 Å². The summed E-state index contributed by atoms with van der Waals surface area (Å²) in [7, 11) is 0. The van der Waals surface area contributed by atoms with E-state index in [9.17, 15) is 9.59 Å². The van der Waals surface area contributed by atoms with Gasteiger partial charge in [-0.15, -0.1) is 11.8 Å². The highest BCUT2D eigenvalue weighted by Crippen LogP contribution is 2.22. The monoisotopic (exact) mass is 371 g/mol. The molecule has 2 rings (SSSR count). The molecule has 1 amide bonds. The molecule has 0 aliphatic rings. The fourth-order valence-corrected chi connectivity index (χ4v) is 3.12. The summed E-state index contributed by atoms with van der Waals surface area (Å²) in [6.07, 6.45) is 2.45. The minimum Gasteiger partial charge on any atom is -0.494 e. The Kier molecular flexibility index (Phi) is 8.22. The summed E-state index contributed by atoms with van der Waals surface area (Å²) in [5.41, 5.74) is 1.47. The Hall–Kier alpha value is -2.27. The maximum atomic E-state index is 12.3. The molecule has 0 saturated heterocycles. The zero-order valence-corrected chi connectivity index (χ0v) is 16.1. The van der Waals surface area contributed by atoms with Crippen LogP contribution in [0.4, 0.5) is 5.69 Å². The lowest BCUT2D eigenvalue weighted by Gasteiger charge is -2.07. The molecule has 0 unspecified atom stereocenters. The van der Waals surface area contributed by atoms with E-state index < -0.39 is 0 Å². The van der Waals surface area contributed by atoms with Crippen LogP contribution in [0.25, 0.3) is 0 Å². The maximum Gasteiger partial charge on any atom is 0.224 e. The summed E-state index contributed by atoms with van der Waals surface area (Å²) in [6, 6.07) is 14.8. The molecule has 26 heavy (non-hydrogen) atoms. The van der Waals surface area contributed by atoms with E-state index in [2.05, 4.69) is 12.2 Å². The van der Waals surface area contributed by atoms with Crippen molar-refractivity contribution in [3.05, 3.63) is 54.1 Å². The number of benzene rings is 2. The van der Waals surface area contributed by atoms with Crippen molar-refractivity contribution in [1.82, 2.24) is 0 Å². The molecule has 5 heteroatoms. The van der Waals surface area contributed by atoms with E-state index in [0.717, 1.165) is 29.2 Å². The largest absolute Gasteiger partial charge is 0.494 e. The van der Waals surface area contributed by atoms with Crippen molar-refractivity contribution >= 4 is 29.1 Å². The average Bonchev–Trinajstić information content (AvgIpc) is 2.66. The zero-order chi connectivity index (χ0) is 18.8. The molecular formula is C21H25NO3S. The maximum absolute atomic E-state index is 12.3. The number of carbonyl (C=O) groups is 2. The Morgan fingerprint density at radius 2 is 1.69 bits per heavy atom. The van der Waals surface area contributed by atoms with Crippen LogP contribution in [0.1, 0.15) is 43.5 Å². The normalized spacial score (nSPS) is 10.4. The van der Waals surface area contributed by atoms with Gasteiger partial charge in [-0.1, -0.05) is 13.3 Å². The van der Waals surface area contributed by atoms with E-state index in [1.807, 2.05) is 43.3 Å². The predicted octanol–water partition coefficient (Wildman–Crippen LogP) is 5.19. The minimum absolute atomic E-state index is 0.0398. The first-order valence-corrected chi connectivity index (χ1v) is 9.89. The van der Waals surface area contributed by atoms with Crippen molar-refractivity contribution < 1.29 is 14.3 Å². The Morgan fingerprint density at radius 3 is 2.31 bits per heavy atom. The number of ketones is 1. The van der Waals surface area contributed by atoms with Gasteiger partial charge in [-0.05, 0) is 61.9 Å². The highest BCUT2D eigenvalue weighted by Gasteiger charge is 2.08. The van der Waals surface area contributed by atoms with Crippen LogP contribution in [-0.2, 0) is 4.79 Å². The number of Topliss-reactive ketones (excluding diaryl/α,β-unsaturated/α-hetero) is 1. The van der Waals surface area contributed by atoms with Gasteiger partial charge in [0.15, 0.2) is 5.78 Å². The Balaban J connectivity index is 1.83. The van der Waals surface area contributed by atoms with Crippen LogP contribution < -0.4 is 10.1 Å².